The summed E-state index contributed by atoms with van der Waals surface area (Å²) in [6, 6.07) is 12.6. The van der Waals surface area contributed by atoms with Gasteiger partial charge in [0.25, 0.3) is 5.56 Å². The van der Waals surface area contributed by atoms with Crippen LogP contribution in [0.4, 0.5) is 0 Å². The second-order valence-electron chi connectivity index (χ2n) is 8.29. The zero-order valence-electron chi connectivity index (χ0n) is 21.6. The molecule has 194 valence electrons. The molecule has 2 aromatic carbocycles. The Bertz CT molecular complexity index is 1500. The summed E-state index contributed by atoms with van der Waals surface area (Å²) in [5.41, 5.74) is 2.28. The van der Waals surface area contributed by atoms with Crippen molar-refractivity contribution in [2.75, 3.05) is 27.1 Å². The van der Waals surface area contributed by atoms with Crippen molar-refractivity contribution in [3.63, 3.8) is 0 Å². The first-order valence-corrected chi connectivity index (χ1v) is 14.1. The molecule has 0 saturated carbocycles. The van der Waals surface area contributed by atoms with E-state index in [4.69, 9.17) is 19.2 Å². The van der Waals surface area contributed by atoms with Crippen molar-refractivity contribution in [3.05, 3.63) is 84.5 Å². The van der Waals surface area contributed by atoms with E-state index in [0.29, 0.717) is 44.1 Å². The van der Waals surface area contributed by atoms with Crippen molar-refractivity contribution in [3.8, 4) is 11.5 Å². The number of benzene rings is 2. The Balaban J connectivity index is 2.02. The number of carbonyl (C=O) groups is 1. The average molecular weight is 539 g/mol. The Kier molecular flexibility index (Phi) is 8.56. The van der Waals surface area contributed by atoms with Gasteiger partial charge in [-0.3, -0.25) is 9.36 Å². The highest BCUT2D eigenvalue weighted by Crippen LogP contribution is 2.38. The van der Waals surface area contributed by atoms with Gasteiger partial charge in [-0.25, -0.2) is 9.79 Å². The second-order valence-corrected chi connectivity index (χ2v) is 10.2. The number of thiazole rings is 1. The minimum atomic E-state index is -0.775. The third-order valence-electron chi connectivity index (χ3n) is 6.04. The van der Waals surface area contributed by atoms with Gasteiger partial charge in [-0.1, -0.05) is 36.8 Å². The fraction of sp³-hybridized carbons (Fsp3) is 0.321. The predicted octanol–water partition coefficient (Wildman–Crippen LogP) is 4.32. The molecule has 1 atom stereocenters. The Morgan fingerprint density at radius 2 is 1.89 bits per heavy atom. The van der Waals surface area contributed by atoms with Gasteiger partial charge in [0.2, 0.25) is 0 Å². The normalized spacial score (nSPS) is 15.3. The SMILES string of the molecule is CCCC1=C(C(=O)OCC)[C@@H](c2cc(OC)ccc2OC)n2c(s/c(=C\c3ccc(SC)cc3)c2=O)=N1. The van der Waals surface area contributed by atoms with Crippen molar-refractivity contribution < 1.29 is 19.0 Å². The van der Waals surface area contributed by atoms with Crippen LogP contribution in [0.3, 0.4) is 0 Å². The van der Waals surface area contributed by atoms with Crippen molar-refractivity contribution in [1.82, 2.24) is 4.57 Å². The van der Waals surface area contributed by atoms with Crippen LogP contribution in [0.2, 0.25) is 0 Å². The van der Waals surface area contributed by atoms with E-state index in [2.05, 4.69) is 0 Å². The van der Waals surface area contributed by atoms with E-state index in [0.717, 1.165) is 16.9 Å². The lowest BCUT2D eigenvalue weighted by Gasteiger charge is -2.27. The van der Waals surface area contributed by atoms with E-state index < -0.39 is 12.0 Å². The number of aromatic nitrogens is 1. The third-order valence-corrected chi connectivity index (χ3v) is 7.76. The molecule has 0 amide bonds. The molecule has 1 aromatic heterocycles. The number of hydrogen-bond donors (Lipinski definition) is 0. The van der Waals surface area contributed by atoms with Crippen molar-refractivity contribution in [2.24, 2.45) is 4.99 Å². The minimum absolute atomic E-state index is 0.208. The lowest BCUT2D eigenvalue weighted by molar-refractivity contribution is -0.139. The van der Waals surface area contributed by atoms with Gasteiger partial charge in [0.05, 0.1) is 36.6 Å². The maximum Gasteiger partial charge on any atom is 0.338 e. The highest BCUT2D eigenvalue weighted by Gasteiger charge is 2.36. The summed E-state index contributed by atoms with van der Waals surface area (Å²) in [4.78, 5) is 33.8. The molecule has 0 fully saturated rings. The van der Waals surface area contributed by atoms with E-state index in [9.17, 15) is 9.59 Å². The quantitative estimate of drug-likeness (QED) is 0.298. The molecular weight excluding hydrogens is 508 g/mol. The van der Waals surface area contributed by atoms with Crippen LogP contribution in [0.25, 0.3) is 6.08 Å². The number of carbonyl (C=O) groups excluding carboxylic acids is 1. The molecule has 37 heavy (non-hydrogen) atoms. The zero-order valence-corrected chi connectivity index (χ0v) is 23.2. The fourth-order valence-electron chi connectivity index (χ4n) is 4.32. The van der Waals surface area contributed by atoms with Gasteiger partial charge < -0.3 is 14.2 Å². The fourth-order valence-corrected chi connectivity index (χ4v) is 5.75. The number of methoxy groups -OCH3 is 2. The first-order chi connectivity index (χ1) is 17.9. The summed E-state index contributed by atoms with van der Waals surface area (Å²) >= 11 is 2.97. The molecule has 0 bridgehead atoms. The van der Waals surface area contributed by atoms with Crippen LogP contribution >= 0.6 is 23.1 Å². The highest BCUT2D eigenvalue weighted by atomic mass is 32.2. The van der Waals surface area contributed by atoms with Gasteiger partial charge in [0.1, 0.15) is 17.5 Å². The molecule has 9 heteroatoms. The van der Waals surface area contributed by atoms with Gasteiger partial charge in [-0.2, -0.15) is 0 Å². The Morgan fingerprint density at radius 3 is 2.51 bits per heavy atom. The summed E-state index contributed by atoms with van der Waals surface area (Å²) in [6.45, 7) is 4.00. The van der Waals surface area contributed by atoms with E-state index >= 15 is 0 Å². The largest absolute Gasteiger partial charge is 0.497 e. The molecule has 3 aromatic rings. The van der Waals surface area contributed by atoms with Crippen LogP contribution in [0.1, 0.15) is 43.9 Å². The first kappa shape index (κ1) is 26.8. The van der Waals surface area contributed by atoms with Crippen molar-refractivity contribution >= 4 is 35.1 Å². The summed E-state index contributed by atoms with van der Waals surface area (Å²) in [5.74, 6) is 0.628. The number of ether oxygens (including phenoxy) is 3. The Labute approximate surface area is 224 Å². The summed E-state index contributed by atoms with van der Waals surface area (Å²) < 4.78 is 18.7. The van der Waals surface area contributed by atoms with Crippen LogP contribution in [0.15, 0.2) is 68.4 Å². The smallest absolute Gasteiger partial charge is 0.338 e. The number of rotatable bonds is 9. The van der Waals surface area contributed by atoms with E-state index in [1.807, 2.05) is 43.5 Å². The molecule has 0 spiro atoms. The molecule has 1 aliphatic heterocycles. The summed E-state index contributed by atoms with van der Waals surface area (Å²) in [5, 5.41) is 0. The van der Waals surface area contributed by atoms with Gasteiger partial charge >= 0.3 is 5.97 Å². The summed E-state index contributed by atoms with van der Waals surface area (Å²) in [6.07, 6.45) is 5.23. The third kappa shape index (κ3) is 5.38. The Hall–Kier alpha value is -3.30. The van der Waals surface area contributed by atoms with E-state index in [1.54, 1.807) is 55.7 Å². The van der Waals surface area contributed by atoms with E-state index in [-0.39, 0.29) is 12.2 Å². The second kappa shape index (κ2) is 11.8. The molecule has 4 rings (SSSR count). The molecule has 0 radical (unpaired) electrons. The van der Waals surface area contributed by atoms with E-state index in [1.165, 1.54) is 11.3 Å². The Morgan fingerprint density at radius 1 is 1.14 bits per heavy atom. The molecule has 7 nitrogen and oxygen atoms in total. The monoisotopic (exact) mass is 538 g/mol. The highest BCUT2D eigenvalue weighted by molar-refractivity contribution is 7.98. The first-order valence-electron chi connectivity index (χ1n) is 12.0. The maximum atomic E-state index is 13.9. The van der Waals surface area contributed by atoms with Crippen LogP contribution in [-0.2, 0) is 9.53 Å². The molecule has 1 aliphatic rings. The molecular formula is C28H30N2O5S2. The van der Waals surface area contributed by atoms with Crippen LogP contribution in [-0.4, -0.2) is 37.6 Å². The average Bonchev–Trinajstić information content (AvgIpc) is 3.22. The number of hydrogen-bond acceptors (Lipinski definition) is 8. The van der Waals surface area contributed by atoms with Crippen LogP contribution < -0.4 is 24.4 Å². The lowest BCUT2D eigenvalue weighted by atomic mass is 9.93. The molecule has 0 unspecified atom stereocenters. The number of nitrogens with zero attached hydrogens (tertiary/aromatic N) is 2. The molecule has 2 heterocycles. The van der Waals surface area contributed by atoms with Gasteiger partial charge in [-0.15, -0.1) is 11.8 Å². The standard InChI is InChI=1S/C28H30N2O5S2/c1-6-8-21-24(27(32)35-7-2)25(20-16-18(33-3)11-14-22(20)34-4)30-26(31)23(37-28(30)29-21)15-17-9-12-19(36-5)13-10-17/h9-16,25H,6-8H2,1-5H3/b23-15-/t25-/m1/s1. The van der Waals surface area contributed by atoms with Crippen molar-refractivity contribution in [1.29, 1.82) is 0 Å². The predicted molar refractivity (Wildman–Crippen MR) is 147 cm³/mol. The van der Waals surface area contributed by atoms with Gasteiger partial charge in [0, 0.05) is 10.5 Å². The molecule has 0 N–H and O–H groups in total. The van der Waals surface area contributed by atoms with Crippen molar-refractivity contribution in [2.45, 2.75) is 37.6 Å². The molecule has 0 saturated heterocycles. The summed E-state index contributed by atoms with van der Waals surface area (Å²) in [7, 11) is 3.14. The van der Waals surface area contributed by atoms with Crippen LogP contribution in [0, 0.1) is 0 Å². The lowest BCUT2D eigenvalue weighted by Crippen LogP contribution is -2.40. The number of fused-ring (bicyclic) bond motifs is 1. The molecule has 0 aliphatic carbocycles. The number of thioether (sulfide) groups is 1. The zero-order chi connectivity index (χ0) is 26.5. The minimum Gasteiger partial charge on any atom is -0.497 e. The van der Waals surface area contributed by atoms with Gasteiger partial charge in [0.15, 0.2) is 4.80 Å². The van der Waals surface area contributed by atoms with Gasteiger partial charge in [-0.05, 0) is 61.6 Å². The maximum absolute atomic E-state index is 13.9. The van der Waals surface area contributed by atoms with Crippen LogP contribution in [0.5, 0.6) is 11.5 Å². The number of esters is 1. The topological polar surface area (TPSA) is 79.1 Å². The number of allylic oxidation sites excluding steroid dienone is 1.